The van der Waals surface area contributed by atoms with E-state index in [2.05, 4.69) is 0 Å². The van der Waals surface area contributed by atoms with E-state index >= 15 is 0 Å². The first-order valence-corrected chi connectivity index (χ1v) is 6.15. The minimum Gasteiger partial charge on any atom is -0.466 e. The minimum absolute atomic E-state index is 0.215. The zero-order valence-corrected chi connectivity index (χ0v) is 9.69. The van der Waals surface area contributed by atoms with Crippen LogP contribution in [0.5, 0.6) is 0 Å². The first kappa shape index (κ1) is 12.6. The monoisotopic (exact) mass is 206 g/mol. The summed E-state index contributed by atoms with van der Waals surface area (Å²) in [6, 6.07) is 0.967. The van der Waals surface area contributed by atoms with Gasteiger partial charge >= 0.3 is 15.3 Å². The maximum atomic E-state index is 10.4. The van der Waals surface area contributed by atoms with Crippen molar-refractivity contribution in [1.82, 2.24) is 0 Å². The van der Waals surface area contributed by atoms with Gasteiger partial charge in [0.05, 0.1) is 6.61 Å². The average Bonchev–Trinajstić information content (AvgIpc) is 2.11. The van der Waals surface area contributed by atoms with Crippen LogP contribution in [0.3, 0.4) is 0 Å². The first-order chi connectivity index (χ1) is 6.20. The lowest BCUT2D eigenvalue weighted by atomic mass is 10.4. The Balaban J connectivity index is 3.19. The van der Waals surface area contributed by atoms with Gasteiger partial charge in [-0.25, -0.2) is 0 Å². The number of hydrogen-bond acceptors (Lipinski definition) is 4. The predicted octanol–water partition coefficient (Wildman–Crippen LogP) is 0.843. The molecule has 5 heteroatoms. The Kier molecular flexibility index (Phi) is 7.97. The van der Waals surface area contributed by atoms with E-state index in [0.717, 1.165) is 18.9 Å². The van der Waals surface area contributed by atoms with Gasteiger partial charge in [-0.2, -0.15) is 0 Å². The molecule has 0 amide bonds. The van der Waals surface area contributed by atoms with Gasteiger partial charge in [-0.1, -0.05) is 0 Å². The Morgan fingerprint density at radius 1 is 1.23 bits per heavy atom. The van der Waals surface area contributed by atoms with E-state index in [1.165, 1.54) is 6.92 Å². The maximum absolute atomic E-state index is 10.4. The van der Waals surface area contributed by atoms with Crippen molar-refractivity contribution in [2.75, 3.05) is 20.8 Å². The molecule has 0 saturated heterocycles. The van der Waals surface area contributed by atoms with Crippen LogP contribution in [0, 0.1) is 0 Å². The zero-order valence-electron chi connectivity index (χ0n) is 8.54. The van der Waals surface area contributed by atoms with E-state index in [-0.39, 0.29) is 5.97 Å². The molecule has 0 atom stereocenters. The van der Waals surface area contributed by atoms with Crippen LogP contribution < -0.4 is 0 Å². The number of esters is 1. The highest BCUT2D eigenvalue weighted by Gasteiger charge is 2.08. The van der Waals surface area contributed by atoms with Crippen LogP contribution in [-0.4, -0.2) is 36.1 Å². The lowest BCUT2D eigenvalue weighted by Gasteiger charge is -2.09. The van der Waals surface area contributed by atoms with Crippen molar-refractivity contribution in [2.45, 2.75) is 25.8 Å². The molecule has 78 valence electrons. The first-order valence-electron chi connectivity index (χ1n) is 4.39. The Morgan fingerprint density at radius 3 is 2.31 bits per heavy atom. The zero-order chi connectivity index (χ0) is 10.1. The van der Waals surface area contributed by atoms with Crippen molar-refractivity contribution in [3.05, 3.63) is 0 Å². The Bertz CT molecular complexity index is 136. The number of ether oxygens (including phenoxy) is 1. The molecule has 0 unspecified atom stereocenters. The number of rotatable bonds is 7. The van der Waals surface area contributed by atoms with E-state index in [9.17, 15) is 4.79 Å². The van der Waals surface area contributed by atoms with Crippen molar-refractivity contribution in [3.8, 4) is 0 Å². The maximum Gasteiger partial charge on any atom is 0.320 e. The van der Waals surface area contributed by atoms with Crippen LogP contribution in [0.4, 0.5) is 0 Å². The quantitative estimate of drug-likeness (QED) is 0.352. The molecule has 0 aliphatic rings. The summed E-state index contributed by atoms with van der Waals surface area (Å²) in [7, 11) is 1.95. The van der Waals surface area contributed by atoms with Crippen LogP contribution in [0.25, 0.3) is 0 Å². The van der Waals surface area contributed by atoms with Gasteiger partial charge in [0.25, 0.3) is 0 Å². The number of hydrogen-bond donors (Lipinski definition) is 0. The van der Waals surface area contributed by atoms with Gasteiger partial charge in [-0.3, -0.25) is 4.79 Å². The topological polar surface area (TPSA) is 44.8 Å². The molecule has 0 rings (SSSR count). The Hall–Kier alpha value is -0.393. The molecule has 0 bridgehead atoms. The van der Waals surface area contributed by atoms with Gasteiger partial charge in [-0.15, -0.1) is 0 Å². The van der Waals surface area contributed by atoms with Crippen molar-refractivity contribution in [3.63, 3.8) is 0 Å². The summed E-state index contributed by atoms with van der Waals surface area (Å²) in [5.74, 6) is -0.215. The fraction of sp³-hybridized carbons (Fsp3) is 0.875. The Labute approximate surface area is 81.0 Å². The second kappa shape index (κ2) is 8.22. The Morgan fingerprint density at radius 2 is 1.85 bits per heavy atom. The molecular weight excluding hydrogens is 188 g/mol. The minimum atomic E-state index is -1.40. The third-order valence-electron chi connectivity index (χ3n) is 1.67. The van der Waals surface area contributed by atoms with Crippen LogP contribution in [0.1, 0.15) is 19.8 Å². The van der Waals surface area contributed by atoms with Crippen molar-refractivity contribution in [1.29, 1.82) is 0 Å². The molecule has 0 radical (unpaired) electrons. The smallest absolute Gasteiger partial charge is 0.320 e. The molecule has 0 saturated carbocycles. The molecule has 0 spiro atoms. The molecule has 4 nitrogen and oxygen atoms in total. The van der Waals surface area contributed by atoms with Gasteiger partial charge in [0.2, 0.25) is 0 Å². The van der Waals surface area contributed by atoms with Crippen LogP contribution in [-0.2, 0) is 18.4 Å². The van der Waals surface area contributed by atoms with Gasteiger partial charge < -0.3 is 13.6 Å². The van der Waals surface area contributed by atoms with Gasteiger partial charge in [0.1, 0.15) is 0 Å². The van der Waals surface area contributed by atoms with Crippen LogP contribution >= 0.6 is 0 Å². The van der Waals surface area contributed by atoms with Crippen LogP contribution in [0.2, 0.25) is 6.04 Å². The molecule has 0 N–H and O–H groups in total. The number of carbonyl (C=O) groups excluding carboxylic acids is 1. The largest absolute Gasteiger partial charge is 0.466 e. The summed E-state index contributed by atoms with van der Waals surface area (Å²) in [5, 5.41) is 0. The fourth-order valence-electron chi connectivity index (χ4n) is 0.961. The second-order valence-electron chi connectivity index (χ2n) is 2.74. The summed E-state index contributed by atoms with van der Waals surface area (Å²) in [5.41, 5.74) is 0. The van der Waals surface area contributed by atoms with E-state index in [1.807, 2.05) is 0 Å². The molecular formula is C8H18O4Si. The van der Waals surface area contributed by atoms with E-state index in [1.54, 1.807) is 14.2 Å². The highest BCUT2D eigenvalue weighted by atomic mass is 28.3. The highest BCUT2D eigenvalue weighted by molar-refractivity contribution is 6.44. The lowest BCUT2D eigenvalue weighted by molar-refractivity contribution is -0.141. The fourth-order valence-corrected chi connectivity index (χ4v) is 2.25. The van der Waals surface area contributed by atoms with Gasteiger partial charge in [0, 0.05) is 21.1 Å². The SMILES string of the molecule is CO[SiH](CCCCOC(C)=O)OC. The van der Waals surface area contributed by atoms with E-state index < -0.39 is 9.28 Å². The second-order valence-corrected chi connectivity index (χ2v) is 5.12. The molecule has 0 aromatic rings. The van der Waals surface area contributed by atoms with E-state index in [4.69, 9.17) is 13.6 Å². The molecule has 0 aliphatic carbocycles. The number of carbonyl (C=O) groups is 1. The summed E-state index contributed by atoms with van der Waals surface area (Å²) < 4.78 is 15.1. The summed E-state index contributed by atoms with van der Waals surface area (Å²) in [6.07, 6.45) is 1.88. The summed E-state index contributed by atoms with van der Waals surface area (Å²) >= 11 is 0. The van der Waals surface area contributed by atoms with E-state index in [0.29, 0.717) is 6.61 Å². The average molecular weight is 206 g/mol. The molecule has 0 fully saturated rings. The third kappa shape index (κ3) is 7.95. The lowest BCUT2D eigenvalue weighted by Crippen LogP contribution is -2.18. The summed E-state index contributed by atoms with van der Waals surface area (Å²) in [4.78, 5) is 10.4. The number of unbranched alkanes of at least 4 members (excludes halogenated alkanes) is 1. The molecule has 0 aliphatic heterocycles. The third-order valence-corrected chi connectivity index (χ3v) is 3.60. The van der Waals surface area contributed by atoms with Gasteiger partial charge in [-0.05, 0) is 18.9 Å². The molecule has 13 heavy (non-hydrogen) atoms. The van der Waals surface area contributed by atoms with Crippen LogP contribution in [0.15, 0.2) is 0 Å². The summed E-state index contributed by atoms with van der Waals surface area (Å²) in [6.45, 7) is 1.92. The highest BCUT2D eigenvalue weighted by Crippen LogP contribution is 2.02. The predicted molar refractivity (Wildman–Crippen MR) is 51.8 cm³/mol. The van der Waals surface area contributed by atoms with Crippen molar-refractivity contribution < 1.29 is 18.4 Å². The van der Waals surface area contributed by atoms with Crippen molar-refractivity contribution in [2.24, 2.45) is 0 Å². The van der Waals surface area contributed by atoms with Crippen molar-refractivity contribution >= 4 is 15.3 Å². The molecule has 0 heterocycles. The normalized spacial score (nSPS) is 10.5. The molecule has 0 aromatic carbocycles. The van der Waals surface area contributed by atoms with Gasteiger partial charge in [0.15, 0.2) is 0 Å². The molecule has 0 aromatic heterocycles. The standard InChI is InChI=1S/C8H18O4Si/c1-8(9)12-6-4-5-7-13(10-2)11-3/h13H,4-7H2,1-3H3.